The van der Waals surface area contributed by atoms with Gasteiger partial charge in [0.15, 0.2) is 0 Å². The van der Waals surface area contributed by atoms with E-state index in [1.165, 1.54) is 45.1 Å². The van der Waals surface area contributed by atoms with Crippen LogP contribution in [0.4, 0.5) is 0 Å². The standard InChI is InChI=1S/C12H19N/c1-2-8-12(11-6-7-11)9-4-3-5-10-13-12/h1,11,13H,3-10H2. The van der Waals surface area contributed by atoms with Gasteiger partial charge in [-0.1, -0.05) is 12.8 Å². The summed E-state index contributed by atoms with van der Waals surface area (Å²) in [5, 5.41) is 3.72. The van der Waals surface area contributed by atoms with Gasteiger partial charge in [0.1, 0.15) is 0 Å². The second-order valence-corrected chi connectivity index (χ2v) is 4.55. The summed E-state index contributed by atoms with van der Waals surface area (Å²) in [5.74, 6) is 3.76. The van der Waals surface area contributed by atoms with E-state index < -0.39 is 0 Å². The molecule has 0 aromatic rings. The predicted molar refractivity (Wildman–Crippen MR) is 55.4 cm³/mol. The normalized spacial score (nSPS) is 35.0. The lowest BCUT2D eigenvalue weighted by atomic mass is 9.85. The first-order valence-electron chi connectivity index (χ1n) is 5.56. The van der Waals surface area contributed by atoms with Crippen molar-refractivity contribution in [3.63, 3.8) is 0 Å². The van der Waals surface area contributed by atoms with Gasteiger partial charge in [0.05, 0.1) is 0 Å². The van der Waals surface area contributed by atoms with Crippen LogP contribution in [0.2, 0.25) is 0 Å². The van der Waals surface area contributed by atoms with Gasteiger partial charge in [0.25, 0.3) is 0 Å². The van der Waals surface area contributed by atoms with E-state index in [9.17, 15) is 0 Å². The minimum absolute atomic E-state index is 0.339. The molecule has 2 fully saturated rings. The minimum atomic E-state index is 0.339. The van der Waals surface area contributed by atoms with Crippen LogP contribution in [0.25, 0.3) is 0 Å². The van der Waals surface area contributed by atoms with Gasteiger partial charge in [-0.05, 0) is 38.1 Å². The summed E-state index contributed by atoms with van der Waals surface area (Å²) in [6.45, 7) is 1.18. The first-order valence-corrected chi connectivity index (χ1v) is 5.56. The highest BCUT2D eigenvalue weighted by Gasteiger charge is 2.44. The predicted octanol–water partition coefficient (Wildman–Crippen LogP) is 2.32. The van der Waals surface area contributed by atoms with Crippen molar-refractivity contribution < 1.29 is 0 Å². The van der Waals surface area contributed by atoms with E-state index in [-0.39, 0.29) is 0 Å². The maximum absolute atomic E-state index is 5.47. The third-order valence-electron chi connectivity index (χ3n) is 3.55. The Morgan fingerprint density at radius 3 is 2.85 bits per heavy atom. The molecule has 1 heterocycles. The molecule has 1 aliphatic heterocycles. The first-order chi connectivity index (χ1) is 6.37. The molecule has 1 nitrogen and oxygen atoms in total. The zero-order chi connectivity index (χ0) is 9.15. The lowest BCUT2D eigenvalue weighted by molar-refractivity contribution is 0.280. The monoisotopic (exact) mass is 177 g/mol. The average molecular weight is 177 g/mol. The van der Waals surface area contributed by atoms with E-state index >= 15 is 0 Å². The van der Waals surface area contributed by atoms with Gasteiger partial charge in [-0.3, -0.25) is 0 Å². The molecule has 1 aliphatic carbocycles. The molecular weight excluding hydrogens is 158 g/mol. The number of nitrogens with one attached hydrogen (secondary N) is 1. The summed E-state index contributed by atoms with van der Waals surface area (Å²) in [4.78, 5) is 0. The average Bonchev–Trinajstić information content (AvgIpc) is 2.92. The fourth-order valence-corrected chi connectivity index (χ4v) is 2.63. The van der Waals surface area contributed by atoms with Crippen molar-refractivity contribution in [3.05, 3.63) is 0 Å². The summed E-state index contributed by atoms with van der Waals surface area (Å²) >= 11 is 0. The van der Waals surface area contributed by atoms with Crippen LogP contribution in [0, 0.1) is 18.3 Å². The lowest BCUT2D eigenvalue weighted by Gasteiger charge is -2.32. The maximum atomic E-state index is 5.47. The summed E-state index contributed by atoms with van der Waals surface area (Å²) in [5.41, 5.74) is 0.339. The van der Waals surface area contributed by atoms with E-state index in [2.05, 4.69) is 11.2 Å². The Bertz CT molecular complexity index is 202. The van der Waals surface area contributed by atoms with Gasteiger partial charge in [-0.25, -0.2) is 0 Å². The fraction of sp³-hybridized carbons (Fsp3) is 0.833. The van der Waals surface area contributed by atoms with Gasteiger partial charge in [-0.2, -0.15) is 0 Å². The molecule has 2 aliphatic rings. The van der Waals surface area contributed by atoms with Crippen LogP contribution in [0.1, 0.15) is 44.9 Å². The van der Waals surface area contributed by atoms with Crippen LogP contribution in [-0.2, 0) is 0 Å². The lowest BCUT2D eigenvalue weighted by Crippen LogP contribution is -2.46. The van der Waals surface area contributed by atoms with Crippen molar-refractivity contribution in [1.29, 1.82) is 0 Å². The third kappa shape index (κ3) is 1.89. The van der Waals surface area contributed by atoms with Crippen molar-refractivity contribution in [2.45, 2.75) is 50.5 Å². The van der Waals surface area contributed by atoms with Crippen molar-refractivity contribution in [3.8, 4) is 12.3 Å². The topological polar surface area (TPSA) is 12.0 Å². The molecule has 1 atom stereocenters. The molecule has 1 unspecified atom stereocenters. The van der Waals surface area contributed by atoms with Crippen molar-refractivity contribution >= 4 is 0 Å². The molecule has 0 amide bonds. The SMILES string of the molecule is C#CCC1(C2CC2)CCCCCN1. The van der Waals surface area contributed by atoms with Gasteiger partial charge < -0.3 is 5.32 Å². The minimum Gasteiger partial charge on any atom is -0.310 e. The van der Waals surface area contributed by atoms with Crippen LogP contribution in [-0.4, -0.2) is 12.1 Å². The largest absolute Gasteiger partial charge is 0.310 e. The molecule has 0 aromatic carbocycles. The molecule has 13 heavy (non-hydrogen) atoms. The fourth-order valence-electron chi connectivity index (χ4n) is 2.63. The Labute approximate surface area is 81.3 Å². The molecule has 1 N–H and O–H groups in total. The van der Waals surface area contributed by atoms with Crippen LogP contribution in [0.15, 0.2) is 0 Å². The highest BCUT2D eigenvalue weighted by Crippen LogP contribution is 2.44. The molecular formula is C12H19N. The van der Waals surface area contributed by atoms with E-state index in [4.69, 9.17) is 6.42 Å². The van der Waals surface area contributed by atoms with Crippen LogP contribution < -0.4 is 5.32 Å². The van der Waals surface area contributed by atoms with Gasteiger partial charge in [0, 0.05) is 12.0 Å². The summed E-state index contributed by atoms with van der Waals surface area (Å²) in [7, 11) is 0. The van der Waals surface area contributed by atoms with Crippen molar-refractivity contribution in [1.82, 2.24) is 5.32 Å². The number of hydrogen-bond acceptors (Lipinski definition) is 1. The Kier molecular flexibility index (Phi) is 2.60. The third-order valence-corrected chi connectivity index (χ3v) is 3.55. The number of terminal acetylenes is 1. The quantitative estimate of drug-likeness (QED) is 0.638. The van der Waals surface area contributed by atoms with E-state index in [1.807, 2.05) is 0 Å². The molecule has 0 spiro atoms. The summed E-state index contributed by atoms with van der Waals surface area (Å²) in [6.07, 6.45) is 14.6. The highest BCUT2D eigenvalue weighted by molar-refractivity contribution is 5.08. The first kappa shape index (κ1) is 9.09. The van der Waals surface area contributed by atoms with Gasteiger partial charge >= 0.3 is 0 Å². The smallest absolute Gasteiger partial charge is 0.0318 e. The second-order valence-electron chi connectivity index (χ2n) is 4.55. The van der Waals surface area contributed by atoms with Gasteiger partial charge in [-0.15, -0.1) is 12.3 Å². The molecule has 1 saturated heterocycles. The zero-order valence-electron chi connectivity index (χ0n) is 8.31. The molecule has 1 heteroatoms. The van der Waals surface area contributed by atoms with Crippen molar-refractivity contribution in [2.75, 3.05) is 6.54 Å². The zero-order valence-corrected chi connectivity index (χ0v) is 8.31. The van der Waals surface area contributed by atoms with Crippen LogP contribution >= 0.6 is 0 Å². The highest BCUT2D eigenvalue weighted by atomic mass is 15.0. The number of hydrogen-bond donors (Lipinski definition) is 1. The van der Waals surface area contributed by atoms with E-state index in [1.54, 1.807) is 0 Å². The molecule has 0 bridgehead atoms. The molecule has 1 saturated carbocycles. The summed E-state index contributed by atoms with van der Waals surface area (Å²) in [6, 6.07) is 0. The Balaban J connectivity index is 2.05. The summed E-state index contributed by atoms with van der Waals surface area (Å²) < 4.78 is 0. The van der Waals surface area contributed by atoms with E-state index in [0.29, 0.717) is 5.54 Å². The maximum Gasteiger partial charge on any atom is 0.0318 e. The molecule has 72 valence electrons. The Morgan fingerprint density at radius 2 is 2.15 bits per heavy atom. The molecule has 0 radical (unpaired) electrons. The van der Waals surface area contributed by atoms with Crippen molar-refractivity contribution in [2.24, 2.45) is 5.92 Å². The van der Waals surface area contributed by atoms with E-state index in [0.717, 1.165) is 12.3 Å². The second kappa shape index (κ2) is 3.72. The number of rotatable bonds is 2. The Hall–Kier alpha value is -0.480. The Morgan fingerprint density at radius 1 is 1.31 bits per heavy atom. The van der Waals surface area contributed by atoms with Crippen LogP contribution in [0.5, 0.6) is 0 Å². The molecule has 0 aromatic heterocycles. The molecule has 2 rings (SSSR count). The van der Waals surface area contributed by atoms with Crippen LogP contribution in [0.3, 0.4) is 0 Å². The van der Waals surface area contributed by atoms with Gasteiger partial charge in [0.2, 0.25) is 0 Å².